The van der Waals surface area contributed by atoms with Crippen LogP contribution in [0.3, 0.4) is 0 Å². The summed E-state index contributed by atoms with van der Waals surface area (Å²) in [4.78, 5) is 14.9. The molecule has 0 N–H and O–H groups in total. The van der Waals surface area contributed by atoms with Crippen molar-refractivity contribution in [2.24, 2.45) is 0 Å². The van der Waals surface area contributed by atoms with Crippen molar-refractivity contribution in [1.82, 2.24) is 15.0 Å². The highest BCUT2D eigenvalue weighted by Crippen LogP contribution is 2.42. The van der Waals surface area contributed by atoms with Crippen LogP contribution in [0.15, 0.2) is 160 Å². The van der Waals surface area contributed by atoms with Crippen molar-refractivity contribution in [2.75, 3.05) is 0 Å². The van der Waals surface area contributed by atoms with Gasteiger partial charge in [0.05, 0.1) is 0 Å². The summed E-state index contributed by atoms with van der Waals surface area (Å²) in [5, 5.41) is 6.86. The zero-order valence-electron chi connectivity index (χ0n) is 27.0. The predicted molar refractivity (Wildman–Crippen MR) is 209 cm³/mol. The van der Waals surface area contributed by atoms with Gasteiger partial charge < -0.3 is 8.83 Å². The number of aromatic nitrogens is 3. The quantitative estimate of drug-likeness (QED) is 0.186. The Bertz CT molecular complexity index is 3160. The monoisotopic (exact) mass is 671 g/mol. The molecular weight excluding hydrogens is 647 g/mol. The molecule has 0 amide bonds. The molecule has 0 saturated carbocycles. The van der Waals surface area contributed by atoms with E-state index in [0.717, 1.165) is 60.6 Å². The van der Waals surface area contributed by atoms with Crippen molar-refractivity contribution < 1.29 is 8.83 Å². The first-order valence-corrected chi connectivity index (χ1v) is 17.7. The molecule has 0 aliphatic heterocycles. The highest BCUT2D eigenvalue weighted by Gasteiger charge is 2.17. The highest BCUT2D eigenvalue weighted by atomic mass is 32.1. The van der Waals surface area contributed by atoms with Gasteiger partial charge in [-0.2, -0.15) is 0 Å². The fourth-order valence-corrected chi connectivity index (χ4v) is 8.51. The molecule has 0 atom stereocenters. The lowest BCUT2D eigenvalue weighted by Crippen LogP contribution is -2.00. The molecule has 0 aliphatic rings. The van der Waals surface area contributed by atoms with E-state index >= 15 is 0 Å². The Morgan fingerprint density at radius 3 is 1.69 bits per heavy atom. The number of rotatable bonds is 4. The molecule has 0 fully saturated rings. The van der Waals surface area contributed by atoms with Crippen molar-refractivity contribution in [1.29, 1.82) is 0 Å². The van der Waals surface area contributed by atoms with Crippen molar-refractivity contribution in [3.05, 3.63) is 152 Å². The second-order valence-corrected chi connectivity index (χ2v) is 13.8. The number of benzene rings is 7. The first-order chi connectivity index (χ1) is 25.2. The maximum absolute atomic E-state index is 6.47. The lowest BCUT2D eigenvalue weighted by atomic mass is 10.0. The molecule has 0 bridgehead atoms. The van der Waals surface area contributed by atoms with Crippen LogP contribution < -0.4 is 0 Å². The fraction of sp³-hybridized carbons (Fsp3) is 0. The summed E-state index contributed by atoms with van der Waals surface area (Å²) < 4.78 is 15.3. The Hall–Kier alpha value is -6.63. The molecule has 51 heavy (non-hydrogen) atoms. The minimum absolute atomic E-state index is 0.572. The molecule has 6 heteroatoms. The third kappa shape index (κ3) is 4.50. The number of furan rings is 2. The van der Waals surface area contributed by atoms with Gasteiger partial charge in [-0.25, -0.2) is 15.0 Å². The topological polar surface area (TPSA) is 65.0 Å². The third-order valence-corrected chi connectivity index (χ3v) is 11.0. The Labute approximate surface area is 295 Å². The number of hydrogen-bond donors (Lipinski definition) is 0. The van der Waals surface area contributed by atoms with Gasteiger partial charge in [0.25, 0.3) is 0 Å². The Morgan fingerprint density at radius 1 is 0.353 bits per heavy atom. The number of fused-ring (bicyclic) bond motifs is 9. The zero-order valence-corrected chi connectivity index (χ0v) is 27.8. The van der Waals surface area contributed by atoms with E-state index in [0.29, 0.717) is 17.5 Å². The van der Waals surface area contributed by atoms with Crippen LogP contribution in [0, 0.1) is 0 Å². The summed E-state index contributed by atoms with van der Waals surface area (Å²) in [5.41, 5.74) is 8.30. The van der Waals surface area contributed by atoms with Crippen LogP contribution in [0.2, 0.25) is 0 Å². The molecular formula is C45H25N3O2S. The molecule has 0 saturated heterocycles. The molecule has 0 unspecified atom stereocenters. The van der Waals surface area contributed by atoms with Gasteiger partial charge in [-0.1, -0.05) is 103 Å². The Balaban J connectivity index is 1.04. The number of nitrogens with zero attached hydrogens (tertiary/aromatic N) is 3. The Morgan fingerprint density at radius 2 is 0.922 bits per heavy atom. The van der Waals surface area contributed by atoms with Gasteiger partial charge in [-0.15, -0.1) is 11.3 Å². The second kappa shape index (κ2) is 10.9. The molecule has 11 aromatic rings. The number of thiophene rings is 1. The van der Waals surface area contributed by atoms with E-state index in [2.05, 4.69) is 91.0 Å². The van der Waals surface area contributed by atoms with Gasteiger partial charge in [-0.05, 0) is 59.7 Å². The second-order valence-electron chi connectivity index (χ2n) is 12.8. The smallest absolute Gasteiger partial charge is 0.164 e. The predicted octanol–water partition coefficient (Wildman–Crippen LogP) is 12.7. The normalized spacial score (nSPS) is 11.9. The third-order valence-electron chi connectivity index (χ3n) is 9.75. The molecule has 11 rings (SSSR count). The minimum Gasteiger partial charge on any atom is -0.456 e. The maximum atomic E-state index is 6.47. The summed E-state index contributed by atoms with van der Waals surface area (Å²) in [6.45, 7) is 0. The highest BCUT2D eigenvalue weighted by molar-refractivity contribution is 7.26. The lowest BCUT2D eigenvalue weighted by Gasteiger charge is -2.08. The van der Waals surface area contributed by atoms with Crippen LogP contribution in [0.4, 0.5) is 0 Å². The molecule has 238 valence electrons. The van der Waals surface area contributed by atoms with Crippen LogP contribution in [-0.2, 0) is 0 Å². The first-order valence-electron chi connectivity index (χ1n) is 16.8. The fourth-order valence-electron chi connectivity index (χ4n) is 7.27. The molecule has 4 aromatic heterocycles. The van der Waals surface area contributed by atoms with Crippen LogP contribution in [-0.4, -0.2) is 15.0 Å². The van der Waals surface area contributed by atoms with E-state index in [-0.39, 0.29) is 0 Å². The van der Waals surface area contributed by atoms with Gasteiger partial charge in [-0.3, -0.25) is 0 Å². The SMILES string of the molecule is c1ccc(-c2nc(-c3ccc4c(c3)oc3ccccc34)nc(-c3ccc4c(c3)oc3ccc(-c5cccc6c5sc5ccccc56)cc34)n2)cc1. The van der Waals surface area contributed by atoms with E-state index in [1.165, 1.54) is 31.3 Å². The molecule has 7 aromatic carbocycles. The van der Waals surface area contributed by atoms with Gasteiger partial charge in [0, 0.05) is 58.4 Å². The molecule has 0 radical (unpaired) electrons. The zero-order chi connectivity index (χ0) is 33.5. The first kappa shape index (κ1) is 28.2. The standard InChI is InChI=1S/C45H25N3O2S/c1-2-9-26(10-3-1)43-46-44(28-17-20-32-31-11-4-6-15-37(31)49-39(32)24-28)48-45(47-43)29-18-21-33-36-23-27(19-22-38(36)50-40(33)25-29)30-13-8-14-35-34-12-5-7-16-41(34)51-42(30)35/h1-25H. The molecule has 0 aliphatic carbocycles. The van der Waals surface area contributed by atoms with E-state index in [1.54, 1.807) is 0 Å². The van der Waals surface area contributed by atoms with E-state index in [1.807, 2.05) is 72.0 Å². The average Bonchev–Trinajstić information content (AvgIpc) is 3.88. The van der Waals surface area contributed by atoms with Crippen LogP contribution in [0.1, 0.15) is 0 Å². The van der Waals surface area contributed by atoms with Crippen molar-refractivity contribution >= 4 is 75.4 Å². The van der Waals surface area contributed by atoms with Gasteiger partial charge in [0.2, 0.25) is 0 Å². The molecule has 4 heterocycles. The average molecular weight is 672 g/mol. The number of hydrogen-bond acceptors (Lipinski definition) is 6. The molecule has 0 spiro atoms. The van der Waals surface area contributed by atoms with E-state index in [9.17, 15) is 0 Å². The van der Waals surface area contributed by atoms with Gasteiger partial charge in [0.15, 0.2) is 17.5 Å². The van der Waals surface area contributed by atoms with Gasteiger partial charge >= 0.3 is 0 Å². The summed E-state index contributed by atoms with van der Waals surface area (Å²) in [6, 6.07) is 52.2. The number of para-hydroxylation sites is 1. The maximum Gasteiger partial charge on any atom is 0.164 e. The summed E-state index contributed by atoms with van der Waals surface area (Å²) in [5.74, 6) is 1.75. The van der Waals surface area contributed by atoms with Crippen LogP contribution in [0.25, 0.3) is 109 Å². The van der Waals surface area contributed by atoms with Crippen molar-refractivity contribution in [2.45, 2.75) is 0 Å². The van der Waals surface area contributed by atoms with E-state index in [4.69, 9.17) is 23.8 Å². The van der Waals surface area contributed by atoms with E-state index < -0.39 is 0 Å². The largest absolute Gasteiger partial charge is 0.456 e. The summed E-state index contributed by atoms with van der Waals surface area (Å²) in [6.07, 6.45) is 0. The Kier molecular flexibility index (Phi) is 6.05. The minimum atomic E-state index is 0.572. The molecule has 5 nitrogen and oxygen atoms in total. The summed E-state index contributed by atoms with van der Waals surface area (Å²) >= 11 is 1.85. The lowest BCUT2D eigenvalue weighted by molar-refractivity contribution is 0.668. The van der Waals surface area contributed by atoms with Crippen LogP contribution in [0.5, 0.6) is 0 Å². The van der Waals surface area contributed by atoms with Crippen molar-refractivity contribution in [3.8, 4) is 45.3 Å². The van der Waals surface area contributed by atoms with Crippen LogP contribution >= 0.6 is 11.3 Å². The van der Waals surface area contributed by atoms with Crippen molar-refractivity contribution in [3.63, 3.8) is 0 Å². The van der Waals surface area contributed by atoms with Gasteiger partial charge in [0.1, 0.15) is 22.3 Å². The summed E-state index contributed by atoms with van der Waals surface area (Å²) in [7, 11) is 0.